The number of aryl methyl sites for hydroxylation is 1. The Labute approximate surface area is 167 Å². The number of piperazine rings is 1. The molecule has 0 spiro atoms. The summed E-state index contributed by atoms with van der Waals surface area (Å²) in [5.74, 6) is 0.222. The van der Waals surface area contributed by atoms with Crippen LogP contribution in [0.25, 0.3) is 10.9 Å². The Bertz CT molecular complexity index is 966. The molecule has 1 saturated heterocycles. The van der Waals surface area contributed by atoms with Gasteiger partial charge in [-0.05, 0) is 38.0 Å². The van der Waals surface area contributed by atoms with Gasteiger partial charge in [0.2, 0.25) is 5.91 Å². The molecule has 1 fully saturated rings. The average molecular weight is 376 g/mol. The van der Waals surface area contributed by atoms with Crippen LogP contribution in [0.2, 0.25) is 0 Å². The second-order valence-corrected chi connectivity index (χ2v) is 8.35. The lowest BCUT2D eigenvalue weighted by atomic mass is 9.81. The lowest BCUT2D eigenvalue weighted by Gasteiger charge is -2.39. The Morgan fingerprint density at radius 2 is 1.61 bits per heavy atom. The number of fused-ring (bicyclic) bond motifs is 1. The number of nitrogens with zero attached hydrogens (tertiary/aromatic N) is 2. The van der Waals surface area contributed by atoms with Gasteiger partial charge < -0.3 is 9.88 Å². The van der Waals surface area contributed by atoms with Crippen LogP contribution < -0.4 is 0 Å². The van der Waals surface area contributed by atoms with Crippen molar-refractivity contribution < 1.29 is 4.79 Å². The number of amides is 1. The SMILES string of the molecule is Cc1[nH]c2ccccc2c1C(C)(C)C(=O)N1CCN(Cc2ccccc2)CC1. The predicted octanol–water partition coefficient (Wildman–Crippen LogP) is 4.10. The van der Waals surface area contributed by atoms with Gasteiger partial charge in [0, 0.05) is 49.3 Å². The van der Waals surface area contributed by atoms with E-state index >= 15 is 0 Å². The monoisotopic (exact) mass is 375 g/mol. The topological polar surface area (TPSA) is 39.3 Å². The molecular formula is C24H29N3O. The quantitative estimate of drug-likeness (QED) is 0.746. The molecule has 146 valence electrons. The maximum Gasteiger partial charge on any atom is 0.232 e. The Kier molecular flexibility index (Phi) is 4.98. The van der Waals surface area contributed by atoms with Gasteiger partial charge >= 0.3 is 0 Å². The minimum absolute atomic E-state index is 0.222. The molecule has 2 aromatic carbocycles. The zero-order chi connectivity index (χ0) is 19.7. The molecule has 2 heterocycles. The van der Waals surface area contributed by atoms with Gasteiger partial charge in [-0.3, -0.25) is 9.69 Å². The first-order chi connectivity index (χ1) is 13.5. The lowest BCUT2D eigenvalue weighted by Crippen LogP contribution is -2.53. The highest BCUT2D eigenvalue weighted by molar-refractivity contribution is 5.95. The van der Waals surface area contributed by atoms with E-state index in [9.17, 15) is 4.79 Å². The second kappa shape index (κ2) is 7.44. The number of hydrogen-bond acceptors (Lipinski definition) is 2. The first-order valence-electron chi connectivity index (χ1n) is 10.1. The van der Waals surface area contributed by atoms with Crippen molar-refractivity contribution in [2.75, 3.05) is 26.2 Å². The van der Waals surface area contributed by atoms with Crippen molar-refractivity contribution in [3.05, 3.63) is 71.4 Å². The van der Waals surface area contributed by atoms with E-state index in [2.05, 4.69) is 73.1 Å². The van der Waals surface area contributed by atoms with Crippen LogP contribution >= 0.6 is 0 Å². The van der Waals surface area contributed by atoms with Crippen molar-refractivity contribution >= 4 is 16.8 Å². The minimum Gasteiger partial charge on any atom is -0.358 e. The molecule has 0 atom stereocenters. The molecule has 1 aliphatic heterocycles. The molecule has 1 amide bonds. The van der Waals surface area contributed by atoms with E-state index in [1.165, 1.54) is 5.56 Å². The van der Waals surface area contributed by atoms with E-state index in [-0.39, 0.29) is 5.91 Å². The fourth-order valence-corrected chi connectivity index (χ4v) is 4.53. The second-order valence-electron chi connectivity index (χ2n) is 8.35. The van der Waals surface area contributed by atoms with E-state index < -0.39 is 5.41 Å². The summed E-state index contributed by atoms with van der Waals surface area (Å²) in [5.41, 5.74) is 4.09. The Morgan fingerprint density at radius 3 is 2.32 bits per heavy atom. The number of hydrogen-bond donors (Lipinski definition) is 1. The van der Waals surface area contributed by atoms with Gasteiger partial charge in [-0.1, -0.05) is 48.5 Å². The molecule has 1 N–H and O–H groups in total. The number of H-pyrrole nitrogens is 1. The molecular weight excluding hydrogens is 346 g/mol. The van der Waals surface area contributed by atoms with Crippen LogP contribution in [0.4, 0.5) is 0 Å². The molecule has 1 aromatic heterocycles. The summed E-state index contributed by atoms with van der Waals surface area (Å²) in [7, 11) is 0. The largest absolute Gasteiger partial charge is 0.358 e. The molecule has 4 nitrogen and oxygen atoms in total. The number of nitrogens with one attached hydrogen (secondary N) is 1. The third-order valence-electron chi connectivity index (χ3n) is 5.96. The highest BCUT2D eigenvalue weighted by atomic mass is 16.2. The standard InChI is InChI=1S/C24H29N3O/c1-18-22(20-11-7-8-12-21(20)25-18)24(2,3)23(28)27-15-13-26(14-16-27)17-19-9-5-4-6-10-19/h4-12,25H,13-17H2,1-3H3. The summed E-state index contributed by atoms with van der Waals surface area (Å²) in [4.78, 5) is 21.4. The number of aromatic amines is 1. The van der Waals surface area contributed by atoms with Gasteiger partial charge in [0.15, 0.2) is 0 Å². The van der Waals surface area contributed by atoms with Gasteiger partial charge in [0.05, 0.1) is 5.41 Å². The molecule has 0 radical (unpaired) electrons. The molecule has 3 aromatic rings. The van der Waals surface area contributed by atoms with Crippen LogP contribution in [0.5, 0.6) is 0 Å². The maximum absolute atomic E-state index is 13.5. The van der Waals surface area contributed by atoms with Crippen molar-refractivity contribution in [3.8, 4) is 0 Å². The fraction of sp³-hybridized carbons (Fsp3) is 0.375. The Morgan fingerprint density at radius 1 is 0.964 bits per heavy atom. The average Bonchev–Trinajstić information content (AvgIpc) is 3.05. The summed E-state index contributed by atoms with van der Waals surface area (Å²) in [6, 6.07) is 18.8. The van der Waals surface area contributed by atoms with Gasteiger partial charge in [-0.15, -0.1) is 0 Å². The molecule has 1 aliphatic rings. The first kappa shape index (κ1) is 18.8. The van der Waals surface area contributed by atoms with E-state index in [0.717, 1.165) is 54.9 Å². The van der Waals surface area contributed by atoms with Crippen LogP contribution in [0, 0.1) is 6.92 Å². The van der Waals surface area contributed by atoms with Crippen molar-refractivity contribution in [1.29, 1.82) is 0 Å². The summed E-state index contributed by atoms with van der Waals surface area (Å²) in [5, 5.41) is 1.15. The molecule has 0 unspecified atom stereocenters. The van der Waals surface area contributed by atoms with Crippen LogP contribution in [-0.2, 0) is 16.8 Å². The summed E-state index contributed by atoms with van der Waals surface area (Å²) >= 11 is 0. The van der Waals surface area contributed by atoms with Crippen LogP contribution in [0.3, 0.4) is 0 Å². The number of para-hydroxylation sites is 1. The number of benzene rings is 2. The first-order valence-corrected chi connectivity index (χ1v) is 10.1. The van der Waals surface area contributed by atoms with E-state index in [4.69, 9.17) is 0 Å². The van der Waals surface area contributed by atoms with Gasteiger partial charge in [-0.2, -0.15) is 0 Å². The van der Waals surface area contributed by atoms with Crippen LogP contribution in [-0.4, -0.2) is 46.9 Å². The molecule has 0 bridgehead atoms. The fourth-order valence-electron chi connectivity index (χ4n) is 4.53. The van der Waals surface area contributed by atoms with Crippen molar-refractivity contribution in [1.82, 2.24) is 14.8 Å². The summed E-state index contributed by atoms with van der Waals surface area (Å²) < 4.78 is 0. The molecule has 4 rings (SSSR count). The minimum atomic E-state index is -0.550. The van der Waals surface area contributed by atoms with E-state index in [1.54, 1.807) is 0 Å². The Hall–Kier alpha value is -2.59. The van der Waals surface area contributed by atoms with Crippen LogP contribution in [0.15, 0.2) is 54.6 Å². The zero-order valence-electron chi connectivity index (χ0n) is 17.0. The molecule has 0 aliphatic carbocycles. The molecule has 0 saturated carbocycles. The summed E-state index contributed by atoms with van der Waals surface area (Å²) in [6.45, 7) is 10.6. The van der Waals surface area contributed by atoms with E-state index in [1.807, 2.05) is 17.0 Å². The van der Waals surface area contributed by atoms with Crippen molar-refractivity contribution in [2.45, 2.75) is 32.7 Å². The van der Waals surface area contributed by atoms with Gasteiger partial charge in [0.25, 0.3) is 0 Å². The normalized spacial score (nSPS) is 15.9. The molecule has 28 heavy (non-hydrogen) atoms. The third-order valence-corrected chi connectivity index (χ3v) is 5.96. The Balaban J connectivity index is 1.48. The lowest BCUT2D eigenvalue weighted by molar-refractivity contribution is -0.138. The van der Waals surface area contributed by atoms with Crippen molar-refractivity contribution in [3.63, 3.8) is 0 Å². The highest BCUT2D eigenvalue weighted by Gasteiger charge is 2.38. The van der Waals surface area contributed by atoms with Gasteiger partial charge in [-0.25, -0.2) is 0 Å². The van der Waals surface area contributed by atoms with Crippen molar-refractivity contribution in [2.24, 2.45) is 0 Å². The smallest absolute Gasteiger partial charge is 0.232 e. The third kappa shape index (κ3) is 3.45. The molecule has 4 heteroatoms. The number of carbonyl (C=O) groups is 1. The number of carbonyl (C=O) groups excluding carboxylic acids is 1. The maximum atomic E-state index is 13.5. The van der Waals surface area contributed by atoms with E-state index in [0.29, 0.717) is 0 Å². The number of aromatic nitrogens is 1. The summed E-state index contributed by atoms with van der Waals surface area (Å²) in [6.07, 6.45) is 0. The zero-order valence-corrected chi connectivity index (χ0v) is 17.0. The van der Waals surface area contributed by atoms with Crippen LogP contribution in [0.1, 0.15) is 30.7 Å². The highest BCUT2D eigenvalue weighted by Crippen LogP contribution is 2.35. The predicted molar refractivity (Wildman–Crippen MR) is 114 cm³/mol. The number of rotatable bonds is 4. The van der Waals surface area contributed by atoms with Gasteiger partial charge in [0.1, 0.15) is 0 Å².